The van der Waals surface area contributed by atoms with Crippen LogP contribution in [0.2, 0.25) is 0 Å². The third kappa shape index (κ3) is 2.20. The first kappa shape index (κ1) is 13.2. The number of benzene rings is 2. The monoisotopic (exact) mass is 296 g/mol. The number of halogens is 3. The van der Waals surface area contributed by atoms with E-state index in [4.69, 9.17) is 0 Å². The van der Waals surface area contributed by atoms with Crippen LogP contribution in [0.1, 0.15) is 5.56 Å². The minimum atomic E-state index is -4.35. The van der Waals surface area contributed by atoms with E-state index in [1.807, 2.05) is 24.3 Å². The molecular formula is C14H11F3N2S. The summed E-state index contributed by atoms with van der Waals surface area (Å²) in [6.07, 6.45) is -4.35. The van der Waals surface area contributed by atoms with Crippen molar-refractivity contribution in [2.75, 3.05) is 17.7 Å². The SMILES string of the molecule is CNc1cc(C(F)(F)F)cc2c1Nc1ccccc1S2. The van der Waals surface area contributed by atoms with Crippen molar-refractivity contribution in [2.45, 2.75) is 16.0 Å². The van der Waals surface area contributed by atoms with Gasteiger partial charge in [-0.2, -0.15) is 13.2 Å². The number of nitrogens with one attached hydrogen (secondary N) is 2. The molecule has 2 aromatic carbocycles. The third-order valence-corrected chi connectivity index (χ3v) is 4.18. The molecule has 0 atom stereocenters. The molecule has 0 radical (unpaired) electrons. The fraction of sp³-hybridized carbons (Fsp3) is 0.143. The van der Waals surface area contributed by atoms with Gasteiger partial charge >= 0.3 is 6.18 Å². The minimum absolute atomic E-state index is 0.442. The van der Waals surface area contributed by atoms with Gasteiger partial charge in [-0.3, -0.25) is 0 Å². The van der Waals surface area contributed by atoms with E-state index < -0.39 is 11.7 Å². The summed E-state index contributed by atoms with van der Waals surface area (Å²) in [5.74, 6) is 0. The Morgan fingerprint density at radius 2 is 1.85 bits per heavy atom. The highest BCUT2D eigenvalue weighted by molar-refractivity contribution is 7.99. The zero-order valence-corrected chi connectivity index (χ0v) is 11.3. The van der Waals surface area contributed by atoms with Crippen molar-refractivity contribution in [1.82, 2.24) is 0 Å². The van der Waals surface area contributed by atoms with Crippen LogP contribution >= 0.6 is 11.8 Å². The molecule has 0 fully saturated rings. The average Bonchev–Trinajstić information content (AvgIpc) is 2.42. The van der Waals surface area contributed by atoms with Crippen molar-refractivity contribution in [1.29, 1.82) is 0 Å². The van der Waals surface area contributed by atoms with Crippen LogP contribution in [-0.4, -0.2) is 7.05 Å². The van der Waals surface area contributed by atoms with Gasteiger partial charge in [0.2, 0.25) is 0 Å². The van der Waals surface area contributed by atoms with Gasteiger partial charge in [0.25, 0.3) is 0 Å². The van der Waals surface area contributed by atoms with Gasteiger partial charge < -0.3 is 10.6 Å². The molecule has 0 saturated heterocycles. The van der Waals surface area contributed by atoms with Crippen LogP contribution in [-0.2, 0) is 6.18 Å². The van der Waals surface area contributed by atoms with Crippen molar-refractivity contribution >= 4 is 28.8 Å². The standard InChI is InChI=1S/C14H11F3N2S/c1-18-10-6-8(14(15,16)17)7-12-13(10)19-9-4-2-3-5-11(9)20-12/h2-7,18-19H,1H3. The summed E-state index contributed by atoms with van der Waals surface area (Å²) in [7, 11) is 1.61. The van der Waals surface area contributed by atoms with Gasteiger partial charge in [0.15, 0.2) is 0 Å². The molecule has 2 aromatic rings. The number of hydrogen-bond acceptors (Lipinski definition) is 3. The molecule has 20 heavy (non-hydrogen) atoms. The topological polar surface area (TPSA) is 24.1 Å². The van der Waals surface area contributed by atoms with E-state index in [0.29, 0.717) is 16.3 Å². The number of hydrogen-bond donors (Lipinski definition) is 2. The lowest BCUT2D eigenvalue weighted by atomic mass is 10.1. The summed E-state index contributed by atoms with van der Waals surface area (Å²) in [6, 6.07) is 9.85. The van der Waals surface area contributed by atoms with E-state index in [1.165, 1.54) is 17.8 Å². The average molecular weight is 296 g/mol. The zero-order chi connectivity index (χ0) is 14.3. The third-order valence-electron chi connectivity index (χ3n) is 3.07. The van der Waals surface area contributed by atoms with Crippen molar-refractivity contribution < 1.29 is 13.2 Å². The lowest BCUT2D eigenvalue weighted by molar-refractivity contribution is -0.137. The first-order chi connectivity index (χ1) is 9.49. The molecule has 1 aliphatic rings. The molecule has 0 aromatic heterocycles. The largest absolute Gasteiger partial charge is 0.416 e. The fourth-order valence-electron chi connectivity index (χ4n) is 2.10. The molecule has 0 unspecified atom stereocenters. The molecule has 104 valence electrons. The van der Waals surface area contributed by atoms with Crippen LogP contribution in [0.5, 0.6) is 0 Å². The number of fused-ring (bicyclic) bond motifs is 2. The Morgan fingerprint density at radius 3 is 2.55 bits per heavy atom. The fourth-order valence-corrected chi connectivity index (χ4v) is 3.16. The van der Waals surface area contributed by atoms with Crippen LogP contribution in [0.25, 0.3) is 0 Å². The second kappa shape index (κ2) is 4.63. The van der Waals surface area contributed by atoms with Gasteiger partial charge in [-0.1, -0.05) is 23.9 Å². The molecule has 2 nitrogen and oxygen atoms in total. The highest BCUT2D eigenvalue weighted by Crippen LogP contribution is 2.49. The Hall–Kier alpha value is -1.82. The van der Waals surface area contributed by atoms with Gasteiger partial charge in [-0.05, 0) is 24.3 Å². The summed E-state index contributed by atoms with van der Waals surface area (Å²) >= 11 is 1.34. The molecule has 0 amide bonds. The highest BCUT2D eigenvalue weighted by atomic mass is 32.2. The van der Waals surface area contributed by atoms with Crippen LogP contribution in [0, 0.1) is 0 Å². The molecule has 1 aliphatic heterocycles. The molecular weight excluding hydrogens is 285 g/mol. The summed E-state index contributed by atoms with van der Waals surface area (Å²) in [5.41, 5.74) is 1.39. The van der Waals surface area contributed by atoms with E-state index in [0.717, 1.165) is 16.6 Å². The first-order valence-corrected chi connectivity index (χ1v) is 6.77. The van der Waals surface area contributed by atoms with Crippen molar-refractivity contribution in [3.63, 3.8) is 0 Å². The summed E-state index contributed by atoms with van der Waals surface area (Å²) < 4.78 is 38.7. The lowest BCUT2D eigenvalue weighted by Gasteiger charge is -2.24. The van der Waals surface area contributed by atoms with Gasteiger partial charge in [0.1, 0.15) is 0 Å². The second-order valence-corrected chi connectivity index (χ2v) is 5.45. The minimum Gasteiger partial charge on any atom is -0.386 e. The maximum Gasteiger partial charge on any atom is 0.416 e. The lowest BCUT2D eigenvalue weighted by Crippen LogP contribution is -2.09. The molecule has 0 saturated carbocycles. The smallest absolute Gasteiger partial charge is 0.386 e. The Bertz CT molecular complexity index is 668. The van der Waals surface area contributed by atoms with E-state index in [2.05, 4.69) is 10.6 Å². The van der Waals surface area contributed by atoms with Crippen LogP contribution in [0.4, 0.5) is 30.2 Å². The molecule has 3 rings (SSSR count). The van der Waals surface area contributed by atoms with E-state index in [9.17, 15) is 13.2 Å². The normalized spacial score (nSPS) is 13.2. The van der Waals surface area contributed by atoms with Crippen molar-refractivity contribution in [2.24, 2.45) is 0 Å². The molecule has 6 heteroatoms. The van der Waals surface area contributed by atoms with Crippen molar-refractivity contribution in [3.8, 4) is 0 Å². The first-order valence-electron chi connectivity index (χ1n) is 5.96. The van der Waals surface area contributed by atoms with Crippen LogP contribution < -0.4 is 10.6 Å². The molecule has 0 aliphatic carbocycles. The number of rotatable bonds is 1. The number of anilines is 3. The van der Waals surface area contributed by atoms with Gasteiger partial charge in [-0.25, -0.2) is 0 Å². The second-order valence-electron chi connectivity index (χ2n) is 4.37. The zero-order valence-electron chi connectivity index (χ0n) is 10.5. The Morgan fingerprint density at radius 1 is 1.10 bits per heavy atom. The van der Waals surface area contributed by atoms with Gasteiger partial charge in [-0.15, -0.1) is 0 Å². The van der Waals surface area contributed by atoms with Crippen molar-refractivity contribution in [3.05, 3.63) is 42.0 Å². The number of para-hydroxylation sites is 1. The Balaban J connectivity index is 2.13. The van der Waals surface area contributed by atoms with Crippen LogP contribution in [0.3, 0.4) is 0 Å². The quantitative estimate of drug-likeness (QED) is 0.664. The number of alkyl halides is 3. The van der Waals surface area contributed by atoms with E-state index >= 15 is 0 Å². The van der Waals surface area contributed by atoms with E-state index in [-0.39, 0.29) is 0 Å². The van der Waals surface area contributed by atoms with Gasteiger partial charge in [0, 0.05) is 16.8 Å². The highest BCUT2D eigenvalue weighted by Gasteiger charge is 2.33. The maximum atomic E-state index is 12.9. The molecule has 0 bridgehead atoms. The Labute approximate surface area is 118 Å². The predicted molar refractivity (Wildman–Crippen MR) is 74.8 cm³/mol. The summed E-state index contributed by atoms with van der Waals surface area (Å²) in [5, 5.41) is 6.01. The summed E-state index contributed by atoms with van der Waals surface area (Å²) in [4.78, 5) is 1.49. The molecule has 1 heterocycles. The van der Waals surface area contributed by atoms with Crippen LogP contribution in [0.15, 0.2) is 46.2 Å². The Kier molecular flexibility index (Phi) is 3.05. The summed E-state index contributed by atoms with van der Waals surface area (Å²) in [6.45, 7) is 0. The predicted octanol–water partition coefficient (Wildman–Crippen LogP) is 4.96. The van der Waals surface area contributed by atoms with Gasteiger partial charge in [0.05, 0.1) is 22.6 Å². The molecule has 0 spiro atoms. The maximum absolute atomic E-state index is 12.9. The van der Waals surface area contributed by atoms with E-state index in [1.54, 1.807) is 7.05 Å². The molecule has 2 N–H and O–H groups in total.